The number of hydrogen-bond donors (Lipinski definition) is 1. The number of likely N-dealkylation sites (N-methyl/N-ethyl adjacent to an activating group) is 1. The van der Waals surface area contributed by atoms with E-state index in [0.29, 0.717) is 38.6 Å². The van der Waals surface area contributed by atoms with Gasteiger partial charge in [0.1, 0.15) is 18.1 Å². The maximum Gasteiger partial charge on any atom is 0.318 e. The van der Waals surface area contributed by atoms with Gasteiger partial charge in [-0.15, -0.1) is 0 Å². The molecule has 1 aromatic heterocycles. The first-order chi connectivity index (χ1) is 19.4. The van der Waals surface area contributed by atoms with Crippen LogP contribution in [0, 0.1) is 11.3 Å². The molecule has 3 aromatic rings. The van der Waals surface area contributed by atoms with Gasteiger partial charge >= 0.3 is 6.01 Å². The smallest absolute Gasteiger partial charge is 0.318 e. The lowest BCUT2D eigenvalue weighted by Crippen LogP contribution is -2.56. The number of anilines is 2. The lowest BCUT2D eigenvalue weighted by Gasteiger charge is -2.43. The minimum absolute atomic E-state index is 0.0791. The van der Waals surface area contributed by atoms with Gasteiger partial charge in [0.2, 0.25) is 0 Å². The topological polar surface area (TPSA) is 92.0 Å². The van der Waals surface area contributed by atoms with Gasteiger partial charge in [0.05, 0.1) is 24.7 Å². The number of nitriles is 1. The fourth-order valence-electron chi connectivity index (χ4n) is 5.96. The van der Waals surface area contributed by atoms with E-state index >= 15 is 0 Å². The first kappa shape index (κ1) is 27.8. The molecule has 1 N–H and O–H groups in total. The van der Waals surface area contributed by atoms with Gasteiger partial charge in [-0.1, -0.05) is 43.0 Å². The van der Waals surface area contributed by atoms with Gasteiger partial charge in [-0.2, -0.15) is 15.2 Å². The van der Waals surface area contributed by atoms with Crippen LogP contribution < -0.4 is 14.5 Å². The summed E-state index contributed by atoms with van der Waals surface area (Å²) in [4.78, 5) is 18.6. The second kappa shape index (κ2) is 12.2. The Morgan fingerprint density at radius 2 is 1.95 bits per heavy atom. The van der Waals surface area contributed by atoms with Crippen LogP contribution in [0.2, 0.25) is 0 Å². The van der Waals surface area contributed by atoms with Crippen LogP contribution in [0.3, 0.4) is 0 Å². The lowest BCUT2D eigenvalue weighted by molar-refractivity contribution is 0.00430. The number of hydrogen-bond acceptors (Lipinski definition) is 9. The molecule has 0 bridgehead atoms. The van der Waals surface area contributed by atoms with E-state index in [4.69, 9.17) is 14.7 Å². The monoisotopic (exact) mass is 541 g/mol. The van der Waals surface area contributed by atoms with Crippen molar-refractivity contribution >= 4 is 22.3 Å². The number of rotatable bonds is 9. The van der Waals surface area contributed by atoms with Crippen LogP contribution in [0.1, 0.15) is 24.6 Å². The van der Waals surface area contributed by atoms with Gasteiger partial charge in [-0.3, -0.25) is 4.90 Å². The highest BCUT2D eigenvalue weighted by atomic mass is 16.5. The Morgan fingerprint density at radius 3 is 2.73 bits per heavy atom. The Balaban J connectivity index is 1.49. The van der Waals surface area contributed by atoms with Gasteiger partial charge in [0.15, 0.2) is 0 Å². The van der Waals surface area contributed by atoms with E-state index in [1.807, 2.05) is 25.9 Å². The summed E-state index contributed by atoms with van der Waals surface area (Å²) in [7, 11) is 4.04. The van der Waals surface area contributed by atoms with Crippen molar-refractivity contribution in [2.24, 2.45) is 0 Å². The summed E-state index contributed by atoms with van der Waals surface area (Å²) in [6, 6.07) is 17.5. The molecule has 0 amide bonds. The average molecular weight is 542 g/mol. The van der Waals surface area contributed by atoms with Crippen LogP contribution in [0.15, 0.2) is 55.1 Å². The highest BCUT2D eigenvalue weighted by Gasteiger charge is 2.34. The van der Waals surface area contributed by atoms with E-state index < -0.39 is 6.23 Å². The summed E-state index contributed by atoms with van der Waals surface area (Å²) < 4.78 is 6.26. The molecule has 3 atom stereocenters. The SMILES string of the molecule is C=CC(O)N1CCN(c2nc(O[C@H](C)CN(C)C)nc3c2CCN(c2cccc4ccccc24)C3)CC1CC#N. The van der Waals surface area contributed by atoms with Gasteiger partial charge in [-0.25, -0.2) is 0 Å². The Morgan fingerprint density at radius 1 is 1.15 bits per heavy atom. The van der Waals surface area contributed by atoms with Crippen molar-refractivity contribution in [3.05, 3.63) is 66.4 Å². The molecule has 210 valence electrons. The summed E-state index contributed by atoms with van der Waals surface area (Å²) in [6.07, 6.45) is 1.78. The molecule has 3 heterocycles. The van der Waals surface area contributed by atoms with Crippen LogP contribution in [-0.2, 0) is 13.0 Å². The average Bonchev–Trinajstić information content (AvgIpc) is 2.95. The molecule has 1 saturated heterocycles. The van der Waals surface area contributed by atoms with E-state index in [1.165, 1.54) is 22.5 Å². The fraction of sp³-hybridized carbons (Fsp3) is 0.452. The molecule has 40 heavy (non-hydrogen) atoms. The van der Waals surface area contributed by atoms with Crippen molar-refractivity contribution < 1.29 is 9.84 Å². The molecule has 1 fully saturated rings. The second-order valence-electron chi connectivity index (χ2n) is 11.0. The first-order valence-corrected chi connectivity index (χ1v) is 14.0. The summed E-state index contributed by atoms with van der Waals surface area (Å²) in [6.45, 7) is 9.90. The first-order valence-electron chi connectivity index (χ1n) is 14.0. The maximum atomic E-state index is 10.5. The molecule has 2 aromatic carbocycles. The Kier molecular flexibility index (Phi) is 8.50. The highest BCUT2D eigenvalue weighted by Crippen LogP contribution is 2.35. The van der Waals surface area contributed by atoms with Crippen LogP contribution in [0.5, 0.6) is 6.01 Å². The standard InChI is InChI=1S/C31H39N7O2/c1-5-29(39)38-18-17-37(20-24(38)13-15-32)30-26-14-16-36(28-12-8-10-23-9-6-7-11-25(23)28)21-27(26)33-31(34-30)40-22(2)19-35(3)4/h5-12,22,24,29,39H,1,13-14,16-21H2,2-4H3/t22-,24?,29?/m1/s1. The minimum atomic E-state index is -0.778. The number of benzene rings is 2. The van der Waals surface area contributed by atoms with Crippen molar-refractivity contribution in [3.8, 4) is 12.1 Å². The Bertz CT molecular complexity index is 1380. The van der Waals surface area contributed by atoms with Crippen LogP contribution in [-0.4, -0.2) is 90.1 Å². The number of aliphatic hydroxyl groups excluding tert-OH is 1. The third kappa shape index (κ3) is 5.89. The minimum Gasteiger partial charge on any atom is -0.459 e. The number of ether oxygens (including phenoxy) is 1. The molecule has 0 saturated carbocycles. The highest BCUT2D eigenvalue weighted by molar-refractivity contribution is 5.94. The third-order valence-electron chi connectivity index (χ3n) is 7.76. The molecule has 9 heteroatoms. The van der Waals surface area contributed by atoms with Crippen LogP contribution >= 0.6 is 0 Å². The lowest BCUT2D eigenvalue weighted by atomic mass is 10.0. The zero-order valence-electron chi connectivity index (χ0n) is 23.7. The summed E-state index contributed by atoms with van der Waals surface area (Å²) >= 11 is 0. The summed E-state index contributed by atoms with van der Waals surface area (Å²) in [5.41, 5.74) is 3.31. The molecule has 0 radical (unpaired) electrons. The van der Waals surface area contributed by atoms with Gasteiger partial charge in [0, 0.05) is 55.4 Å². The molecule has 5 rings (SSSR count). The van der Waals surface area contributed by atoms with E-state index in [-0.39, 0.29) is 12.1 Å². The summed E-state index contributed by atoms with van der Waals surface area (Å²) in [5.74, 6) is 0.880. The number of fused-ring (bicyclic) bond motifs is 2. The van der Waals surface area contributed by atoms with E-state index in [1.54, 1.807) is 0 Å². The normalized spacial score (nSPS) is 19.2. The zero-order valence-corrected chi connectivity index (χ0v) is 23.7. The number of piperazine rings is 1. The van der Waals surface area contributed by atoms with Crippen molar-refractivity contribution in [3.63, 3.8) is 0 Å². The molecular weight excluding hydrogens is 502 g/mol. The number of aromatic nitrogens is 2. The predicted octanol–water partition coefficient (Wildman–Crippen LogP) is 3.43. The van der Waals surface area contributed by atoms with E-state index in [2.05, 4.69) is 69.8 Å². The van der Waals surface area contributed by atoms with Crippen molar-refractivity contribution in [2.45, 2.75) is 44.7 Å². The van der Waals surface area contributed by atoms with E-state index in [9.17, 15) is 10.4 Å². The van der Waals surface area contributed by atoms with Gasteiger partial charge in [0.25, 0.3) is 0 Å². The molecule has 9 nitrogen and oxygen atoms in total. The Hall–Kier alpha value is -3.71. The zero-order chi connectivity index (χ0) is 28.2. The number of nitrogens with zero attached hydrogens (tertiary/aromatic N) is 7. The van der Waals surface area contributed by atoms with Crippen molar-refractivity contribution in [2.75, 3.05) is 56.6 Å². The van der Waals surface area contributed by atoms with E-state index in [0.717, 1.165) is 36.6 Å². The fourth-order valence-corrected chi connectivity index (χ4v) is 5.96. The molecule has 0 spiro atoms. The van der Waals surface area contributed by atoms with Crippen molar-refractivity contribution in [1.82, 2.24) is 19.8 Å². The molecule has 2 unspecified atom stereocenters. The molecule has 0 aliphatic carbocycles. The maximum absolute atomic E-state index is 10.5. The largest absolute Gasteiger partial charge is 0.459 e. The third-order valence-corrected chi connectivity index (χ3v) is 7.76. The second-order valence-corrected chi connectivity index (χ2v) is 11.0. The van der Waals surface area contributed by atoms with Gasteiger partial charge in [-0.05, 0) is 45.0 Å². The summed E-state index contributed by atoms with van der Waals surface area (Å²) in [5, 5.41) is 22.4. The molecular formula is C31H39N7O2. The Labute approximate surface area is 236 Å². The number of aliphatic hydroxyl groups is 1. The van der Waals surface area contributed by atoms with Crippen LogP contribution in [0.25, 0.3) is 10.8 Å². The van der Waals surface area contributed by atoms with Crippen LogP contribution in [0.4, 0.5) is 11.5 Å². The quantitative estimate of drug-likeness (QED) is 0.409. The van der Waals surface area contributed by atoms with Crippen molar-refractivity contribution in [1.29, 1.82) is 5.26 Å². The predicted molar refractivity (Wildman–Crippen MR) is 159 cm³/mol. The van der Waals surface area contributed by atoms with Gasteiger partial charge < -0.3 is 24.5 Å². The molecule has 2 aliphatic rings. The molecule has 2 aliphatic heterocycles.